The van der Waals surface area contributed by atoms with E-state index in [-0.39, 0.29) is 36.2 Å². The Morgan fingerprint density at radius 3 is 2.31 bits per heavy atom. The van der Waals surface area contributed by atoms with Gasteiger partial charge in [-0.1, -0.05) is 26.7 Å². The molecule has 1 fully saturated rings. The number of carbonyl (C=O) groups excluding carboxylic acids is 1. The number of guanidine groups is 1. The topological polar surface area (TPSA) is 75.2 Å². The van der Waals surface area contributed by atoms with Crippen LogP contribution in [0.3, 0.4) is 0 Å². The van der Waals surface area contributed by atoms with Crippen LogP contribution in [0.1, 0.15) is 66.7 Å². The Balaban J connectivity index is 0.00000784. The van der Waals surface area contributed by atoms with E-state index in [9.17, 15) is 4.79 Å². The Hall–Kier alpha value is -0.770. The molecule has 1 amide bonds. The van der Waals surface area contributed by atoms with Gasteiger partial charge in [0.15, 0.2) is 5.96 Å². The Morgan fingerprint density at radius 1 is 1.17 bits per heavy atom. The molecule has 1 rings (SSSR count). The highest BCUT2D eigenvalue weighted by atomic mass is 127. The van der Waals surface area contributed by atoms with Crippen LogP contribution in [-0.4, -0.2) is 68.5 Å². The summed E-state index contributed by atoms with van der Waals surface area (Å²) in [6.07, 6.45) is 5.11. The van der Waals surface area contributed by atoms with Crippen LogP contribution in [-0.2, 0) is 9.47 Å². The third kappa shape index (κ3) is 12.5. The van der Waals surface area contributed by atoms with Gasteiger partial charge in [0.2, 0.25) is 0 Å². The number of halogens is 1. The van der Waals surface area contributed by atoms with Gasteiger partial charge in [0.05, 0.1) is 6.10 Å². The SMILES string of the molecule is CCC(CC)CNC(=NC)N1CCC(OCCCNC(=O)OC(C)(C)C)CC1.I. The highest BCUT2D eigenvalue weighted by Gasteiger charge is 2.22. The van der Waals surface area contributed by atoms with Gasteiger partial charge in [0.1, 0.15) is 5.60 Å². The first-order valence-electron chi connectivity index (χ1n) is 10.8. The molecule has 1 aliphatic rings. The summed E-state index contributed by atoms with van der Waals surface area (Å²) in [5.74, 6) is 1.71. The van der Waals surface area contributed by atoms with E-state index in [2.05, 4.69) is 34.4 Å². The van der Waals surface area contributed by atoms with Gasteiger partial charge in [0.25, 0.3) is 0 Å². The Bertz CT molecular complexity index is 471. The third-order valence-corrected chi connectivity index (χ3v) is 5.00. The molecule has 0 aliphatic carbocycles. The van der Waals surface area contributed by atoms with Crippen molar-refractivity contribution >= 4 is 36.0 Å². The molecule has 8 heteroatoms. The molecule has 1 heterocycles. The minimum Gasteiger partial charge on any atom is -0.444 e. The number of hydrogen-bond acceptors (Lipinski definition) is 4. The summed E-state index contributed by atoms with van der Waals surface area (Å²) in [5, 5.41) is 6.29. The van der Waals surface area contributed by atoms with E-state index in [0.29, 0.717) is 19.1 Å². The average Bonchev–Trinajstić information content (AvgIpc) is 2.64. The first kappa shape index (κ1) is 28.2. The van der Waals surface area contributed by atoms with Crippen LogP contribution in [0.5, 0.6) is 0 Å². The number of alkyl carbamates (subject to hydrolysis) is 1. The molecule has 29 heavy (non-hydrogen) atoms. The molecule has 0 aromatic rings. The molecule has 0 saturated carbocycles. The molecule has 0 bridgehead atoms. The molecule has 0 radical (unpaired) electrons. The predicted molar refractivity (Wildman–Crippen MR) is 130 cm³/mol. The van der Waals surface area contributed by atoms with E-state index in [1.54, 1.807) is 0 Å². The van der Waals surface area contributed by atoms with Gasteiger partial charge in [-0.25, -0.2) is 4.79 Å². The number of hydrogen-bond donors (Lipinski definition) is 2. The van der Waals surface area contributed by atoms with Gasteiger partial charge in [-0.05, 0) is 46.0 Å². The van der Waals surface area contributed by atoms with Crippen LogP contribution < -0.4 is 10.6 Å². The molecular formula is C21H43IN4O3. The fourth-order valence-corrected chi connectivity index (χ4v) is 3.21. The number of aliphatic imine (C=N–C) groups is 1. The number of ether oxygens (including phenoxy) is 2. The van der Waals surface area contributed by atoms with Gasteiger partial charge in [0, 0.05) is 39.8 Å². The average molecular weight is 527 g/mol. The number of likely N-dealkylation sites (tertiary alicyclic amines) is 1. The zero-order valence-corrected chi connectivity index (χ0v) is 21.6. The van der Waals surface area contributed by atoms with Crippen LogP contribution in [0.25, 0.3) is 0 Å². The lowest BCUT2D eigenvalue weighted by Gasteiger charge is -2.34. The molecule has 0 aromatic heterocycles. The van der Waals surface area contributed by atoms with Crippen LogP contribution in [0.4, 0.5) is 4.79 Å². The van der Waals surface area contributed by atoms with Crippen LogP contribution in [0, 0.1) is 5.92 Å². The van der Waals surface area contributed by atoms with Gasteiger partial charge >= 0.3 is 6.09 Å². The maximum Gasteiger partial charge on any atom is 0.407 e. The summed E-state index contributed by atoms with van der Waals surface area (Å²) in [7, 11) is 1.86. The lowest BCUT2D eigenvalue weighted by molar-refractivity contribution is 0.0170. The standard InChI is InChI=1S/C21H42N4O3.HI/c1-7-17(8-2)16-24-19(22-6)25-13-10-18(11-14-25)27-15-9-12-23-20(26)28-21(3,4)5;/h17-18H,7-16H2,1-6H3,(H,22,24)(H,23,26);1H. The second-order valence-corrected chi connectivity index (χ2v) is 8.45. The van der Waals surface area contributed by atoms with Crippen LogP contribution in [0.15, 0.2) is 4.99 Å². The molecule has 0 unspecified atom stereocenters. The molecule has 1 saturated heterocycles. The van der Waals surface area contributed by atoms with Gasteiger partial charge in [-0.3, -0.25) is 4.99 Å². The second kappa shape index (κ2) is 15.1. The Labute approximate surface area is 194 Å². The molecule has 0 atom stereocenters. The van der Waals surface area contributed by atoms with Gasteiger partial charge in [-0.2, -0.15) is 0 Å². The van der Waals surface area contributed by atoms with Gasteiger partial charge in [-0.15, -0.1) is 24.0 Å². The molecule has 1 aliphatic heterocycles. The second-order valence-electron chi connectivity index (χ2n) is 8.45. The van der Waals surface area contributed by atoms with E-state index in [1.807, 2.05) is 27.8 Å². The first-order chi connectivity index (χ1) is 13.3. The summed E-state index contributed by atoms with van der Waals surface area (Å²) >= 11 is 0. The summed E-state index contributed by atoms with van der Waals surface area (Å²) in [4.78, 5) is 18.4. The molecular weight excluding hydrogens is 483 g/mol. The fourth-order valence-electron chi connectivity index (χ4n) is 3.21. The molecule has 0 aromatic carbocycles. The van der Waals surface area contributed by atoms with Crippen molar-refractivity contribution in [3.05, 3.63) is 0 Å². The van der Waals surface area contributed by atoms with Crippen molar-refractivity contribution in [2.75, 3.05) is 39.8 Å². The number of nitrogens with one attached hydrogen (secondary N) is 2. The highest BCUT2D eigenvalue weighted by Crippen LogP contribution is 2.14. The largest absolute Gasteiger partial charge is 0.444 e. The summed E-state index contributed by atoms with van der Waals surface area (Å²) < 4.78 is 11.2. The minimum atomic E-state index is -0.460. The molecule has 0 spiro atoms. The highest BCUT2D eigenvalue weighted by molar-refractivity contribution is 14.0. The number of amides is 1. The molecule has 7 nitrogen and oxygen atoms in total. The number of carbonyl (C=O) groups is 1. The third-order valence-electron chi connectivity index (χ3n) is 5.00. The van der Waals surface area contributed by atoms with Crippen LogP contribution in [0.2, 0.25) is 0 Å². The van der Waals surface area contributed by atoms with Gasteiger partial charge < -0.3 is 25.0 Å². The lowest BCUT2D eigenvalue weighted by atomic mass is 10.0. The monoisotopic (exact) mass is 526 g/mol. The Morgan fingerprint density at radius 2 is 1.79 bits per heavy atom. The van der Waals surface area contributed by atoms with E-state index in [4.69, 9.17) is 9.47 Å². The summed E-state index contributed by atoms with van der Waals surface area (Å²) in [6.45, 7) is 14.2. The van der Waals surface area contributed by atoms with Crippen molar-refractivity contribution in [2.45, 2.75) is 78.4 Å². The van der Waals surface area contributed by atoms with Crippen molar-refractivity contribution in [2.24, 2.45) is 10.9 Å². The maximum absolute atomic E-state index is 11.6. The van der Waals surface area contributed by atoms with Crippen LogP contribution >= 0.6 is 24.0 Å². The summed E-state index contributed by atoms with van der Waals surface area (Å²) in [5.41, 5.74) is -0.460. The van der Waals surface area contributed by atoms with E-state index in [0.717, 1.165) is 44.9 Å². The quantitative estimate of drug-likeness (QED) is 0.206. The Kier molecular flexibility index (Phi) is 14.7. The molecule has 172 valence electrons. The van der Waals surface area contributed by atoms with Crippen molar-refractivity contribution in [1.29, 1.82) is 0 Å². The zero-order chi connectivity index (χ0) is 21.0. The van der Waals surface area contributed by atoms with Crippen molar-refractivity contribution < 1.29 is 14.3 Å². The fraction of sp³-hybridized carbons (Fsp3) is 0.905. The van der Waals surface area contributed by atoms with Crippen molar-refractivity contribution in [1.82, 2.24) is 15.5 Å². The number of piperidine rings is 1. The smallest absolute Gasteiger partial charge is 0.407 e. The van der Waals surface area contributed by atoms with Crippen molar-refractivity contribution in [3.8, 4) is 0 Å². The summed E-state index contributed by atoms with van der Waals surface area (Å²) in [6, 6.07) is 0. The van der Waals surface area contributed by atoms with Crippen molar-refractivity contribution in [3.63, 3.8) is 0 Å². The first-order valence-corrected chi connectivity index (χ1v) is 10.8. The maximum atomic E-state index is 11.6. The number of rotatable bonds is 9. The number of nitrogens with zero attached hydrogens (tertiary/aromatic N) is 2. The zero-order valence-electron chi connectivity index (χ0n) is 19.3. The molecule has 2 N–H and O–H groups in total. The minimum absolute atomic E-state index is 0. The predicted octanol–water partition coefficient (Wildman–Crippen LogP) is 4.01. The normalized spacial score (nSPS) is 15.8. The van der Waals surface area contributed by atoms with E-state index in [1.165, 1.54) is 12.8 Å². The van der Waals surface area contributed by atoms with E-state index < -0.39 is 5.60 Å². The lowest BCUT2D eigenvalue weighted by Crippen LogP contribution is -2.48. The van der Waals surface area contributed by atoms with E-state index >= 15 is 0 Å².